The van der Waals surface area contributed by atoms with E-state index in [0.717, 1.165) is 21.9 Å². The number of rotatable bonds is 7. The summed E-state index contributed by atoms with van der Waals surface area (Å²) in [5.41, 5.74) is 1.67. The van der Waals surface area contributed by atoms with Gasteiger partial charge in [-0.25, -0.2) is 4.79 Å². The van der Waals surface area contributed by atoms with Crippen LogP contribution in [-0.4, -0.2) is 24.4 Å². The molecule has 0 saturated heterocycles. The summed E-state index contributed by atoms with van der Waals surface area (Å²) in [4.78, 5) is 13.3. The van der Waals surface area contributed by atoms with Gasteiger partial charge in [-0.05, 0) is 55.5 Å². The number of benzene rings is 1. The Bertz CT molecular complexity index is 629. The lowest BCUT2D eigenvalue weighted by Gasteiger charge is -2.18. The van der Waals surface area contributed by atoms with E-state index < -0.39 is 0 Å². The number of anilines is 1. The summed E-state index contributed by atoms with van der Waals surface area (Å²) in [6.45, 7) is 4.48. The number of aliphatic hydroxyl groups is 1. The first kappa shape index (κ1) is 17.3. The molecular formula is C17H22N2O3S. The maximum atomic E-state index is 12.2. The minimum atomic E-state index is -0.288. The Morgan fingerprint density at radius 1 is 1.39 bits per heavy atom. The standard InChI is InChI=1S/C17H22N2O3S/c1-3-22-13-6-7-14(12(2)11-13)18-17(21)19-15(8-9-20)16-5-4-10-23-16/h4-7,10-11,15,20H,3,8-9H2,1-2H3,(H2,18,19,21)/t15-/m0/s1. The summed E-state index contributed by atoms with van der Waals surface area (Å²) < 4.78 is 5.44. The SMILES string of the molecule is CCOc1ccc(NC(=O)N[C@@H](CCO)c2cccs2)c(C)c1. The minimum Gasteiger partial charge on any atom is -0.494 e. The fourth-order valence-corrected chi connectivity index (χ4v) is 3.07. The second kappa shape index (κ2) is 8.55. The van der Waals surface area contributed by atoms with Crippen molar-refractivity contribution in [2.24, 2.45) is 0 Å². The molecule has 0 saturated carbocycles. The summed E-state index contributed by atoms with van der Waals surface area (Å²) in [5, 5.41) is 16.9. The van der Waals surface area contributed by atoms with Crippen LogP contribution in [0.1, 0.15) is 29.8 Å². The van der Waals surface area contributed by atoms with Crippen molar-refractivity contribution in [1.29, 1.82) is 0 Å². The molecule has 0 aliphatic heterocycles. The fourth-order valence-electron chi connectivity index (χ4n) is 2.25. The lowest BCUT2D eigenvalue weighted by atomic mass is 10.1. The quantitative estimate of drug-likeness (QED) is 0.723. The lowest BCUT2D eigenvalue weighted by Crippen LogP contribution is -2.32. The monoisotopic (exact) mass is 334 g/mol. The minimum absolute atomic E-state index is 0.0188. The largest absolute Gasteiger partial charge is 0.494 e. The molecule has 1 atom stereocenters. The van der Waals surface area contributed by atoms with Crippen LogP contribution >= 0.6 is 11.3 Å². The molecule has 2 amide bonds. The highest BCUT2D eigenvalue weighted by atomic mass is 32.1. The van der Waals surface area contributed by atoms with E-state index in [1.165, 1.54) is 0 Å². The van der Waals surface area contributed by atoms with E-state index >= 15 is 0 Å². The smallest absolute Gasteiger partial charge is 0.319 e. The van der Waals surface area contributed by atoms with E-state index in [4.69, 9.17) is 4.74 Å². The van der Waals surface area contributed by atoms with Gasteiger partial charge in [0, 0.05) is 17.2 Å². The molecule has 0 spiro atoms. The maximum absolute atomic E-state index is 12.2. The van der Waals surface area contributed by atoms with Crippen molar-refractivity contribution in [1.82, 2.24) is 5.32 Å². The molecule has 124 valence electrons. The number of hydrogen-bond acceptors (Lipinski definition) is 4. The molecular weight excluding hydrogens is 312 g/mol. The number of urea groups is 1. The van der Waals surface area contributed by atoms with Gasteiger partial charge in [-0.2, -0.15) is 0 Å². The highest BCUT2D eigenvalue weighted by molar-refractivity contribution is 7.10. The molecule has 2 aromatic rings. The van der Waals surface area contributed by atoms with Crippen LogP contribution in [0.3, 0.4) is 0 Å². The number of carbonyl (C=O) groups excluding carboxylic acids is 1. The normalized spacial score (nSPS) is 11.8. The Kier molecular flexibility index (Phi) is 6.43. The molecule has 2 rings (SSSR count). The first-order valence-electron chi connectivity index (χ1n) is 7.59. The second-order valence-electron chi connectivity index (χ2n) is 5.09. The number of thiophene rings is 1. The highest BCUT2D eigenvalue weighted by Gasteiger charge is 2.15. The van der Waals surface area contributed by atoms with Crippen molar-refractivity contribution < 1.29 is 14.6 Å². The van der Waals surface area contributed by atoms with Crippen molar-refractivity contribution >= 4 is 23.1 Å². The fraction of sp³-hybridized carbons (Fsp3) is 0.353. The first-order chi connectivity index (χ1) is 11.1. The molecule has 5 nitrogen and oxygen atoms in total. The Morgan fingerprint density at radius 3 is 2.83 bits per heavy atom. The van der Waals surface area contributed by atoms with Gasteiger partial charge in [0.2, 0.25) is 0 Å². The first-order valence-corrected chi connectivity index (χ1v) is 8.47. The number of ether oxygens (including phenoxy) is 1. The zero-order chi connectivity index (χ0) is 16.7. The van der Waals surface area contributed by atoms with Crippen LogP contribution < -0.4 is 15.4 Å². The van der Waals surface area contributed by atoms with Gasteiger partial charge >= 0.3 is 6.03 Å². The molecule has 1 heterocycles. The lowest BCUT2D eigenvalue weighted by molar-refractivity contribution is 0.239. The Morgan fingerprint density at radius 2 is 2.22 bits per heavy atom. The van der Waals surface area contributed by atoms with E-state index in [2.05, 4.69) is 10.6 Å². The van der Waals surface area contributed by atoms with Crippen molar-refractivity contribution in [2.45, 2.75) is 26.3 Å². The third-order valence-electron chi connectivity index (χ3n) is 3.37. The zero-order valence-electron chi connectivity index (χ0n) is 13.3. The Balaban J connectivity index is 2.00. The number of hydrogen-bond donors (Lipinski definition) is 3. The number of amides is 2. The van der Waals surface area contributed by atoms with E-state index in [0.29, 0.717) is 13.0 Å². The van der Waals surface area contributed by atoms with Gasteiger partial charge in [0.1, 0.15) is 5.75 Å². The predicted octanol–water partition coefficient (Wildman–Crippen LogP) is 3.70. The molecule has 6 heteroatoms. The molecule has 0 fully saturated rings. The third kappa shape index (κ3) is 4.97. The molecule has 1 aromatic carbocycles. The molecule has 0 aliphatic rings. The van der Waals surface area contributed by atoms with Gasteiger partial charge < -0.3 is 20.5 Å². The van der Waals surface area contributed by atoms with Crippen LogP contribution in [0, 0.1) is 6.92 Å². The number of aryl methyl sites for hydroxylation is 1. The zero-order valence-corrected chi connectivity index (χ0v) is 14.2. The summed E-state index contributed by atoms with van der Waals surface area (Å²) in [7, 11) is 0. The average Bonchev–Trinajstić information content (AvgIpc) is 3.04. The molecule has 1 aromatic heterocycles. The van der Waals surface area contributed by atoms with E-state index in [-0.39, 0.29) is 18.7 Å². The number of aliphatic hydroxyl groups excluding tert-OH is 1. The summed E-state index contributed by atoms with van der Waals surface area (Å²) in [5.74, 6) is 0.785. The van der Waals surface area contributed by atoms with Crippen LogP contribution in [0.5, 0.6) is 5.75 Å². The number of carbonyl (C=O) groups is 1. The topological polar surface area (TPSA) is 70.6 Å². The van der Waals surface area contributed by atoms with Crippen LogP contribution in [0.25, 0.3) is 0 Å². The Hall–Kier alpha value is -2.05. The van der Waals surface area contributed by atoms with Gasteiger partial charge in [-0.1, -0.05) is 6.07 Å². The van der Waals surface area contributed by atoms with Gasteiger partial charge in [0.15, 0.2) is 0 Å². The molecule has 0 radical (unpaired) electrons. The highest BCUT2D eigenvalue weighted by Crippen LogP contribution is 2.23. The van der Waals surface area contributed by atoms with Gasteiger partial charge in [-0.3, -0.25) is 0 Å². The van der Waals surface area contributed by atoms with Gasteiger partial charge in [0.05, 0.1) is 12.6 Å². The molecule has 3 N–H and O–H groups in total. The van der Waals surface area contributed by atoms with Crippen LogP contribution in [-0.2, 0) is 0 Å². The van der Waals surface area contributed by atoms with Crippen molar-refractivity contribution in [3.8, 4) is 5.75 Å². The summed E-state index contributed by atoms with van der Waals surface area (Å²) in [6.07, 6.45) is 0.482. The molecule has 0 unspecified atom stereocenters. The van der Waals surface area contributed by atoms with E-state index in [9.17, 15) is 9.90 Å². The summed E-state index contributed by atoms with van der Waals surface area (Å²) >= 11 is 1.56. The number of nitrogens with one attached hydrogen (secondary N) is 2. The predicted molar refractivity (Wildman–Crippen MR) is 93.3 cm³/mol. The second-order valence-corrected chi connectivity index (χ2v) is 6.07. The average molecular weight is 334 g/mol. The van der Waals surface area contributed by atoms with E-state index in [1.807, 2.05) is 49.6 Å². The molecule has 0 aliphatic carbocycles. The summed E-state index contributed by atoms with van der Waals surface area (Å²) in [6, 6.07) is 8.95. The van der Waals surface area contributed by atoms with Crippen molar-refractivity contribution in [3.63, 3.8) is 0 Å². The van der Waals surface area contributed by atoms with Gasteiger partial charge in [-0.15, -0.1) is 11.3 Å². The van der Waals surface area contributed by atoms with Crippen molar-refractivity contribution in [2.75, 3.05) is 18.5 Å². The van der Waals surface area contributed by atoms with Crippen molar-refractivity contribution in [3.05, 3.63) is 46.2 Å². The van der Waals surface area contributed by atoms with Crippen LogP contribution in [0.2, 0.25) is 0 Å². The Labute approximate surface area is 140 Å². The van der Waals surface area contributed by atoms with Crippen LogP contribution in [0.15, 0.2) is 35.7 Å². The molecule has 23 heavy (non-hydrogen) atoms. The maximum Gasteiger partial charge on any atom is 0.319 e. The van der Waals surface area contributed by atoms with Crippen LogP contribution in [0.4, 0.5) is 10.5 Å². The van der Waals surface area contributed by atoms with E-state index in [1.54, 1.807) is 11.3 Å². The third-order valence-corrected chi connectivity index (χ3v) is 4.35. The molecule has 0 bridgehead atoms. The van der Waals surface area contributed by atoms with Gasteiger partial charge in [0.25, 0.3) is 0 Å².